The molecule has 1 unspecified atom stereocenters. The number of nitrogens with zero attached hydrogens (tertiary/aromatic N) is 1. The number of benzene rings is 1. The molecule has 2 amide bonds. The van der Waals surface area contributed by atoms with E-state index in [-0.39, 0.29) is 23.3 Å². The molecule has 1 saturated heterocycles. The van der Waals surface area contributed by atoms with Gasteiger partial charge in [-0.2, -0.15) is 0 Å². The quantitative estimate of drug-likeness (QED) is 0.722. The highest BCUT2D eigenvalue weighted by Crippen LogP contribution is 2.38. The summed E-state index contributed by atoms with van der Waals surface area (Å²) in [4.78, 5) is 24.5. The molecule has 128 valence electrons. The van der Waals surface area contributed by atoms with Crippen LogP contribution in [0.3, 0.4) is 0 Å². The summed E-state index contributed by atoms with van der Waals surface area (Å²) in [5, 5.41) is 0. The fraction of sp³-hybridized carbons (Fsp3) is 0.474. The maximum Gasteiger partial charge on any atom is 0.258 e. The van der Waals surface area contributed by atoms with Crippen LogP contribution in [0.1, 0.15) is 32.3 Å². The summed E-state index contributed by atoms with van der Waals surface area (Å²) in [5.41, 5.74) is 1.76. The minimum atomic E-state index is -0.301. The Labute approximate surface area is 142 Å². The van der Waals surface area contributed by atoms with Crippen LogP contribution in [0.15, 0.2) is 36.4 Å². The van der Waals surface area contributed by atoms with Crippen LogP contribution in [0.25, 0.3) is 0 Å². The van der Waals surface area contributed by atoms with Crippen molar-refractivity contribution in [3.05, 3.63) is 42.0 Å². The molecule has 1 aromatic carbocycles. The summed E-state index contributed by atoms with van der Waals surface area (Å²) >= 11 is 0. The lowest BCUT2D eigenvalue weighted by Gasteiger charge is -2.46. The molecule has 24 heavy (non-hydrogen) atoms. The first-order valence-corrected chi connectivity index (χ1v) is 8.44. The van der Waals surface area contributed by atoms with E-state index >= 15 is 0 Å². The lowest BCUT2D eigenvalue weighted by molar-refractivity contribution is -0.193. The van der Waals surface area contributed by atoms with E-state index in [0.717, 1.165) is 36.5 Å². The summed E-state index contributed by atoms with van der Waals surface area (Å²) in [5.74, 6) is -0.602. The first-order valence-electron chi connectivity index (χ1n) is 8.44. The summed E-state index contributed by atoms with van der Waals surface area (Å²) < 4.78 is 11.5. The standard InChI is InChI=1S/C19H23NO4/c1-3-16(19(4-2)12-23-13-19)24-11-14-5-7-15(8-6-14)20-17(21)9-10-18(20)22/h5-10,16H,3-4,11-13H2,1-2H3. The molecule has 5 heteroatoms. The van der Waals surface area contributed by atoms with Gasteiger partial charge >= 0.3 is 0 Å². The van der Waals surface area contributed by atoms with Gasteiger partial charge in [-0.25, -0.2) is 4.90 Å². The zero-order valence-corrected chi connectivity index (χ0v) is 14.2. The Kier molecular flexibility index (Phi) is 4.83. The molecule has 0 aliphatic carbocycles. The average Bonchev–Trinajstić information content (AvgIpc) is 2.89. The van der Waals surface area contributed by atoms with Gasteiger partial charge in [0.15, 0.2) is 0 Å². The highest BCUT2D eigenvalue weighted by atomic mass is 16.5. The third kappa shape index (κ3) is 3.01. The number of carbonyl (C=O) groups excluding carboxylic acids is 2. The van der Waals surface area contributed by atoms with Crippen LogP contribution < -0.4 is 4.90 Å². The summed E-state index contributed by atoms with van der Waals surface area (Å²) in [6.45, 7) is 6.38. The molecular weight excluding hydrogens is 306 g/mol. The Bertz CT molecular complexity index is 622. The van der Waals surface area contributed by atoms with Crippen molar-refractivity contribution in [1.29, 1.82) is 0 Å². The number of hydrogen-bond donors (Lipinski definition) is 0. The largest absolute Gasteiger partial charge is 0.380 e. The zero-order chi connectivity index (χ0) is 17.2. The Morgan fingerprint density at radius 3 is 2.21 bits per heavy atom. The predicted molar refractivity (Wildman–Crippen MR) is 90.5 cm³/mol. The number of rotatable bonds is 7. The second kappa shape index (κ2) is 6.87. The summed E-state index contributed by atoms with van der Waals surface area (Å²) in [6.07, 6.45) is 4.77. The summed E-state index contributed by atoms with van der Waals surface area (Å²) in [6, 6.07) is 7.36. The SMILES string of the molecule is CCC(OCc1ccc(N2C(=O)C=CC2=O)cc1)C1(CC)COC1. The van der Waals surface area contributed by atoms with E-state index < -0.39 is 0 Å². The van der Waals surface area contributed by atoms with Crippen molar-refractivity contribution in [2.45, 2.75) is 39.4 Å². The smallest absolute Gasteiger partial charge is 0.258 e. The van der Waals surface area contributed by atoms with Crippen molar-refractivity contribution in [2.75, 3.05) is 18.1 Å². The van der Waals surface area contributed by atoms with Gasteiger partial charge in [0, 0.05) is 17.6 Å². The van der Waals surface area contributed by atoms with Gasteiger partial charge in [0.1, 0.15) is 0 Å². The Balaban J connectivity index is 1.62. The van der Waals surface area contributed by atoms with Gasteiger partial charge in [-0.15, -0.1) is 0 Å². The van der Waals surface area contributed by atoms with Gasteiger partial charge in [-0.3, -0.25) is 9.59 Å². The molecule has 0 saturated carbocycles. The number of imide groups is 1. The average molecular weight is 329 g/mol. The molecule has 1 aromatic rings. The minimum Gasteiger partial charge on any atom is -0.380 e. The molecule has 2 heterocycles. The molecular formula is C19H23NO4. The van der Waals surface area contributed by atoms with Crippen LogP contribution in [-0.2, 0) is 25.7 Å². The topological polar surface area (TPSA) is 55.8 Å². The van der Waals surface area contributed by atoms with E-state index in [4.69, 9.17) is 9.47 Å². The normalized spacial score (nSPS) is 20.3. The van der Waals surface area contributed by atoms with E-state index in [1.54, 1.807) is 12.1 Å². The monoisotopic (exact) mass is 329 g/mol. The molecule has 0 bridgehead atoms. The molecule has 3 rings (SSSR count). The Morgan fingerprint density at radius 2 is 1.75 bits per heavy atom. The van der Waals surface area contributed by atoms with Gasteiger partial charge in [0.25, 0.3) is 11.8 Å². The lowest BCUT2D eigenvalue weighted by atomic mass is 9.76. The fourth-order valence-corrected chi connectivity index (χ4v) is 3.30. The van der Waals surface area contributed by atoms with E-state index in [2.05, 4.69) is 13.8 Å². The van der Waals surface area contributed by atoms with Gasteiger partial charge < -0.3 is 9.47 Å². The molecule has 0 radical (unpaired) electrons. The maximum absolute atomic E-state index is 11.7. The van der Waals surface area contributed by atoms with Crippen molar-refractivity contribution in [3.8, 4) is 0 Å². The number of hydrogen-bond acceptors (Lipinski definition) is 4. The highest BCUT2D eigenvalue weighted by Gasteiger charge is 2.44. The van der Waals surface area contributed by atoms with Gasteiger partial charge in [-0.05, 0) is 30.5 Å². The predicted octanol–water partition coefficient (Wildman–Crippen LogP) is 2.84. The number of ether oxygens (including phenoxy) is 2. The highest BCUT2D eigenvalue weighted by molar-refractivity contribution is 6.28. The first-order chi connectivity index (χ1) is 11.6. The zero-order valence-electron chi connectivity index (χ0n) is 14.2. The van der Waals surface area contributed by atoms with E-state index in [0.29, 0.717) is 12.3 Å². The van der Waals surface area contributed by atoms with E-state index in [1.807, 2.05) is 12.1 Å². The first kappa shape index (κ1) is 16.9. The van der Waals surface area contributed by atoms with Gasteiger partial charge in [0.2, 0.25) is 0 Å². The third-order valence-corrected chi connectivity index (χ3v) is 4.99. The van der Waals surface area contributed by atoms with Gasteiger partial charge in [0.05, 0.1) is 31.6 Å². The molecule has 2 aliphatic rings. The second-order valence-electron chi connectivity index (χ2n) is 6.43. The summed E-state index contributed by atoms with van der Waals surface area (Å²) in [7, 11) is 0. The van der Waals surface area contributed by atoms with Crippen molar-refractivity contribution in [3.63, 3.8) is 0 Å². The molecule has 0 aromatic heterocycles. The molecule has 0 N–H and O–H groups in total. The maximum atomic E-state index is 11.7. The molecule has 2 aliphatic heterocycles. The van der Waals surface area contributed by atoms with Gasteiger partial charge in [-0.1, -0.05) is 26.0 Å². The Hall–Kier alpha value is -1.98. The van der Waals surface area contributed by atoms with Crippen LogP contribution >= 0.6 is 0 Å². The van der Waals surface area contributed by atoms with Crippen LogP contribution in [0, 0.1) is 5.41 Å². The van der Waals surface area contributed by atoms with Crippen molar-refractivity contribution in [1.82, 2.24) is 0 Å². The van der Waals surface area contributed by atoms with Crippen molar-refractivity contribution >= 4 is 17.5 Å². The van der Waals surface area contributed by atoms with E-state index in [9.17, 15) is 9.59 Å². The second-order valence-corrected chi connectivity index (χ2v) is 6.43. The fourth-order valence-electron chi connectivity index (χ4n) is 3.30. The number of anilines is 1. The third-order valence-electron chi connectivity index (χ3n) is 4.99. The molecule has 5 nitrogen and oxygen atoms in total. The minimum absolute atomic E-state index is 0.148. The number of carbonyl (C=O) groups is 2. The van der Waals surface area contributed by atoms with Crippen molar-refractivity contribution < 1.29 is 19.1 Å². The van der Waals surface area contributed by atoms with Crippen LogP contribution in [0.5, 0.6) is 0 Å². The van der Waals surface area contributed by atoms with Crippen LogP contribution in [-0.4, -0.2) is 31.1 Å². The van der Waals surface area contributed by atoms with E-state index in [1.165, 1.54) is 12.2 Å². The molecule has 0 spiro atoms. The van der Waals surface area contributed by atoms with Crippen LogP contribution in [0.2, 0.25) is 0 Å². The number of amides is 2. The van der Waals surface area contributed by atoms with Crippen molar-refractivity contribution in [2.24, 2.45) is 5.41 Å². The molecule has 1 atom stereocenters. The molecule has 1 fully saturated rings. The Morgan fingerprint density at radius 1 is 1.12 bits per heavy atom. The van der Waals surface area contributed by atoms with Crippen LogP contribution in [0.4, 0.5) is 5.69 Å². The lowest BCUT2D eigenvalue weighted by Crippen LogP contribution is -2.51.